The summed E-state index contributed by atoms with van der Waals surface area (Å²) in [5.74, 6) is 1.34. The Balaban J connectivity index is 3.16. The van der Waals surface area contributed by atoms with E-state index < -0.39 is 6.10 Å². The third kappa shape index (κ3) is 2.86. The first-order chi connectivity index (χ1) is 7.10. The standard InChI is InChI=1S/C11H15BrO3/c1-7(13)6-8-4-5-9(12)11(15-3)10(8)14-2/h4-5,7,13H,6H2,1-3H3. The lowest BCUT2D eigenvalue weighted by molar-refractivity contribution is 0.194. The van der Waals surface area contributed by atoms with Crippen molar-refractivity contribution in [1.29, 1.82) is 0 Å². The zero-order chi connectivity index (χ0) is 11.4. The molecule has 0 fully saturated rings. The summed E-state index contributed by atoms with van der Waals surface area (Å²) in [5, 5.41) is 9.35. The highest BCUT2D eigenvalue weighted by atomic mass is 79.9. The highest BCUT2D eigenvalue weighted by molar-refractivity contribution is 9.10. The van der Waals surface area contributed by atoms with Crippen LogP contribution in [0.3, 0.4) is 0 Å². The minimum absolute atomic E-state index is 0.398. The van der Waals surface area contributed by atoms with Crippen molar-refractivity contribution < 1.29 is 14.6 Å². The Morgan fingerprint density at radius 3 is 2.33 bits per heavy atom. The molecule has 0 spiro atoms. The smallest absolute Gasteiger partial charge is 0.175 e. The van der Waals surface area contributed by atoms with Crippen LogP contribution < -0.4 is 9.47 Å². The summed E-state index contributed by atoms with van der Waals surface area (Å²) >= 11 is 3.38. The van der Waals surface area contributed by atoms with Crippen LogP contribution >= 0.6 is 15.9 Å². The quantitative estimate of drug-likeness (QED) is 0.917. The zero-order valence-corrected chi connectivity index (χ0v) is 10.7. The summed E-state index contributed by atoms with van der Waals surface area (Å²) in [6.45, 7) is 1.74. The van der Waals surface area contributed by atoms with E-state index in [4.69, 9.17) is 9.47 Å². The van der Waals surface area contributed by atoms with Crippen molar-refractivity contribution in [2.45, 2.75) is 19.4 Å². The van der Waals surface area contributed by atoms with Gasteiger partial charge in [-0.1, -0.05) is 6.07 Å². The van der Waals surface area contributed by atoms with Crippen LogP contribution in [0.25, 0.3) is 0 Å². The maximum Gasteiger partial charge on any atom is 0.175 e. The molecular weight excluding hydrogens is 260 g/mol. The number of rotatable bonds is 4. The van der Waals surface area contributed by atoms with Gasteiger partial charge in [-0.3, -0.25) is 0 Å². The van der Waals surface area contributed by atoms with Gasteiger partial charge in [-0.25, -0.2) is 0 Å². The monoisotopic (exact) mass is 274 g/mol. The van der Waals surface area contributed by atoms with Crippen LogP contribution in [0.5, 0.6) is 11.5 Å². The number of aliphatic hydroxyl groups excluding tert-OH is 1. The van der Waals surface area contributed by atoms with Gasteiger partial charge in [0, 0.05) is 12.0 Å². The van der Waals surface area contributed by atoms with Crippen molar-refractivity contribution >= 4 is 15.9 Å². The lowest BCUT2D eigenvalue weighted by atomic mass is 10.1. The van der Waals surface area contributed by atoms with Crippen molar-refractivity contribution in [2.75, 3.05) is 14.2 Å². The summed E-state index contributed by atoms with van der Waals surface area (Å²) in [4.78, 5) is 0. The normalized spacial score (nSPS) is 12.3. The molecule has 0 amide bonds. The predicted octanol–water partition coefficient (Wildman–Crippen LogP) is 2.39. The van der Waals surface area contributed by atoms with E-state index in [-0.39, 0.29) is 0 Å². The predicted molar refractivity (Wildman–Crippen MR) is 62.6 cm³/mol. The fourth-order valence-corrected chi connectivity index (χ4v) is 1.95. The van der Waals surface area contributed by atoms with Crippen molar-refractivity contribution in [1.82, 2.24) is 0 Å². The molecule has 1 atom stereocenters. The second-order valence-corrected chi connectivity index (χ2v) is 4.18. The number of aliphatic hydroxyl groups is 1. The molecule has 4 heteroatoms. The van der Waals surface area contributed by atoms with Crippen molar-refractivity contribution in [2.24, 2.45) is 0 Å². The van der Waals surface area contributed by atoms with Crippen molar-refractivity contribution in [3.05, 3.63) is 22.2 Å². The average Bonchev–Trinajstić information content (AvgIpc) is 2.19. The molecule has 1 rings (SSSR count). The second-order valence-electron chi connectivity index (χ2n) is 3.33. The van der Waals surface area contributed by atoms with Gasteiger partial charge in [-0.2, -0.15) is 0 Å². The Morgan fingerprint density at radius 1 is 1.27 bits per heavy atom. The number of methoxy groups -OCH3 is 2. The summed E-state index contributed by atoms with van der Waals surface area (Å²) in [6.07, 6.45) is 0.150. The Morgan fingerprint density at radius 2 is 1.87 bits per heavy atom. The van der Waals surface area contributed by atoms with Gasteiger partial charge in [0.2, 0.25) is 0 Å². The van der Waals surface area contributed by atoms with Gasteiger partial charge in [0.25, 0.3) is 0 Å². The Kier molecular flexibility index (Phi) is 4.42. The van der Waals surface area contributed by atoms with Crippen LogP contribution in [0.15, 0.2) is 16.6 Å². The molecule has 0 saturated heterocycles. The largest absolute Gasteiger partial charge is 0.493 e. The molecule has 0 bridgehead atoms. The molecule has 0 heterocycles. The van der Waals surface area contributed by atoms with E-state index in [0.29, 0.717) is 17.9 Å². The number of halogens is 1. The molecule has 0 saturated carbocycles. The third-order valence-electron chi connectivity index (χ3n) is 2.07. The fraction of sp³-hybridized carbons (Fsp3) is 0.455. The summed E-state index contributed by atoms with van der Waals surface area (Å²) in [6, 6.07) is 3.80. The number of ether oxygens (including phenoxy) is 2. The molecule has 1 aromatic rings. The van der Waals surface area contributed by atoms with Crippen LogP contribution in [0.4, 0.5) is 0 Å². The Labute approximate surface area is 98.1 Å². The minimum Gasteiger partial charge on any atom is -0.493 e. The lowest BCUT2D eigenvalue weighted by Crippen LogP contribution is -2.06. The van der Waals surface area contributed by atoms with Gasteiger partial charge in [0.05, 0.1) is 24.8 Å². The third-order valence-corrected chi connectivity index (χ3v) is 2.69. The van der Waals surface area contributed by atoms with E-state index in [9.17, 15) is 5.11 Å². The summed E-state index contributed by atoms with van der Waals surface area (Å²) in [7, 11) is 3.19. The van der Waals surface area contributed by atoms with E-state index >= 15 is 0 Å². The lowest BCUT2D eigenvalue weighted by Gasteiger charge is -2.14. The highest BCUT2D eigenvalue weighted by Crippen LogP contribution is 2.38. The Bertz CT molecular complexity index is 337. The van der Waals surface area contributed by atoms with Gasteiger partial charge in [-0.15, -0.1) is 0 Å². The fourth-order valence-electron chi connectivity index (χ4n) is 1.47. The topological polar surface area (TPSA) is 38.7 Å². The first-order valence-corrected chi connectivity index (χ1v) is 5.46. The highest BCUT2D eigenvalue weighted by Gasteiger charge is 2.14. The van der Waals surface area contributed by atoms with Gasteiger partial charge in [0.1, 0.15) is 0 Å². The van der Waals surface area contributed by atoms with Crippen LogP contribution in [0.1, 0.15) is 12.5 Å². The maximum absolute atomic E-state index is 9.35. The van der Waals surface area contributed by atoms with E-state index in [1.165, 1.54) is 0 Å². The zero-order valence-electron chi connectivity index (χ0n) is 9.08. The van der Waals surface area contributed by atoms with E-state index in [0.717, 1.165) is 10.0 Å². The average molecular weight is 275 g/mol. The maximum atomic E-state index is 9.35. The number of hydrogen-bond donors (Lipinski definition) is 1. The molecule has 1 N–H and O–H groups in total. The second kappa shape index (κ2) is 5.37. The van der Waals surface area contributed by atoms with E-state index in [1.54, 1.807) is 21.1 Å². The molecule has 0 aromatic heterocycles. The summed E-state index contributed by atoms with van der Waals surface area (Å²) in [5.41, 5.74) is 0.938. The minimum atomic E-state index is -0.398. The SMILES string of the molecule is COc1c(Br)ccc(CC(C)O)c1OC. The summed E-state index contributed by atoms with van der Waals surface area (Å²) < 4.78 is 11.4. The molecule has 15 heavy (non-hydrogen) atoms. The first kappa shape index (κ1) is 12.3. The van der Waals surface area contributed by atoms with Crippen LogP contribution in [-0.2, 0) is 6.42 Å². The van der Waals surface area contributed by atoms with Crippen LogP contribution in [0, 0.1) is 0 Å². The van der Waals surface area contributed by atoms with Crippen LogP contribution in [0.2, 0.25) is 0 Å². The molecule has 0 aliphatic heterocycles. The Hall–Kier alpha value is -0.740. The number of hydrogen-bond acceptors (Lipinski definition) is 3. The molecule has 0 aliphatic rings. The molecule has 1 unspecified atom stereocenters. The van der Waals surface area contributed by atoms with Crippen molar-refractivity contribution in [3.8, 4) is 11.5 Å². The van der Waals surface area contributed by atoms with Crippen LogP contribution in [-0.4, -0.2) is 25.4 Å². The van der Waals surface area contributed by atoms with Gasteiger partial charge in [0.15, 0.2) is 11.5 Å². The molecule has 1 aromatic carbocycles. The number of benzene rings is 1. The molecular formula is C11H15BrO3. The van der Waals surface area contributed by atoms with Crippen molar-refractivity contribution in [3.63, 3.8) is 0 Å². The van der Waals surface area contributed by atoms with E-state index in [1.807, 2.05) is 12.1 Å². The first-order valence-electron chi connectivity index (χ1n) is 4.67. The molecule has 0 aliphatic carbocycles. The molecule has 0 radical (unpaired) electrons. The van der Waals surface area contributed by atoms with Gasteiger partial charge < -0.3 is 14.6 Å². The van der Waals surface area contributed by atoms with Gasteiger partial charge in [-0.05, 0) is 28.9 Å². The molecule has 84 valence electrons. The van der Waals surface area contributed by atoms with Gasteiger partial charge >= 0.3 is 0 Å². The molecule has 3 nitrogen and oxygen atoms in total. The van der Waals surface area contributed by atoms with E-state index in [2.05, 4.69) is 15.9 Å².